The van der Waals surface area contributed by atoms with E-state index in [4.69, 9.17) is 15.6 Å². The average Bonchev–Trinajstić information content (AvgIpc) is 2.94. The van der Waals surface area contributed by atoms with Gasteiger partial charge in [0, 0.05) is 31.5 Å². The van der Waals surface area contributed by atoms with E-state index in [1.807, 2.05) is 18.2 Å². The fraction of sp³-hybridized carbons (Fsp3) is 0.389. The number of carbonyl (C=O) groups excluding carboxylic acids is 1. The Morgan fingerprint density at radius 1 is 1.31 bits per heavy atom. The summed E-state index contributed by atoms with van der Waals surface area (Å²) < 4.78 is 33.9. The molecule has 1 heterocycles. The predicted octanol–water partition coefficient (Wildman–Crippen LogP) is 3.65. The SMILES string of the molecule is CC(=O)Nc1ccc2nc(SCCN)n(CC=C(C)C)c2c1.O=C(O)C(F)(F)F. The van der Waals surface area contributed by atoms with Gasteiger partial charge in [0.2, 0.25) is 5.91 Å². The number of hydrogen-bond acceptors (Lipinski definition) is 5. The van der Waals surface area contributed by atoms with Crippen molar-refractivity contribution in [3.63, 3.8) is 0 Å². The molecule has 160 valence electrons. The summed E-state index contributed by atoms with van der Waals surface area (Å²) in [6, 6.07) is 5.78. The molecule has 0 unspecified atom stereocenters. The van der Waals surface area contributed by atoms with Gasteiger partial charge in [0.15, 0.2) is 5.16 Å². The predicted molar refractivity (Wildman–Crippen MR) is 107 cm³/mol. The highest BCUT2D eigenvalue weighted by atomic mass is 32.2. The second-order valence-electron chi connectivity index (χ2n) is 6.11. The van der Waals surface area contributed by atoms with Gasteiger partial charge in [-0.15, -0.1) is 0 Å². The number of halogens is 3. The third-order valence-corrected chi connectivity index (χ3v) is 4.32. The third kappa shape index (κ3) is 8.16. The maximum atomic E-state index is 11.2. The van der Waals surface area contributed by atoms with Crippen LogP contribution in [0.15, 0.2) is 35.0 Å². The smallest absolute Gasteiger partial charge is 0.475 e. The number of nitrogens with one attached hydrogen (secondary N) is 1. The number of carbonyl (C=O) groups is 2. The Labute approximate surface area is 170 Å². The first-order chi connectivity index (χ1) is 13.5. The number of thioether (sulfide) groups is 1. The minimum absolute atomic E-state index is 0.0764. The number of anilines is 1. The van der Waals surface area contributed by atoms with Crippen LogP contribution in [0.3, 0.4) is 0 Å². The third-order valence-electron chi connectivity index (χ3n) is 3.31. The summed E-state index contributed by atoms with van der Waals surface area (Å²) in [5, 5.41) is 10.9. The van der Waals surface area contributed by atoms with Gasteiger partial charge in [-0.1, -0.05) is 23.4 Å². The van der Waals surface area contributed by atoms with E-state index in [2.05, 4.69) is 34.8 Å². The second-order valence-corrected chi connectivity index (χ2v) is 7.17. The van der Waals surface area contributed by atoms with Crippen molar-refractivity contribution in [1.29, 1.82) is 0 Å². The first kappa shape index (κ1) is 24.5. The number of alkyl halides is 3. The molecule has 1 amide bonds. The van der Waals surface area contributed by atoms with Crippen LogP contribution in [0.5, 0.6) is 0 Å². The van der Waals surface area contributed by atoms with Crippen LogP contribution in [0.2, 0.25) is 0 Å². The van der Waals surface area contributed by atoms with Crippen molar-refractivity contribution in [3.8, 4) is 0 Å². The Morgan fingerprint density at radius 2 is 1.93 bits per heavy atom. The largest absolute Gasteiger partial charge is 0.490 e. The highest BCUT2D eigenvalue weighted by molar-refractivity contribution is 7.99. The molecule has 1 aromatic carbocycles. The lowest BCUT2D eigenvalue weighted by Gasteiger charge is -2.07. The molecule has 1 aromatic heterocycles. The van der Waals surface area contributed by atoms with E-state index in [0.717, 1.165) is 34.2 Å². The zero-order valence-electron chi connectivity index (χ0n) is 16.2. The van der Waals surface area contributed by atoms with E-state index >= 15 is 0 Å². The number of carboxylic acids is 1. The quantitative estimate of drug-likeness (QED) is 0.475. The van der Waals surface area contributed by atoms with Crippen molar-refractivity contribution in [1.82, 2.24) is 9.55 Å². The van der Waals surface area contributed by atoms with Gasteiger partial charge in [-0.05, 0) is 32.0 Å². The minimum atomic E-state index is -5.08. The molecule has 29 heavy (non-hydrogen) atoms. The first-order valence-corrected chi connectivity index (χ1v) is 9.48. The summed E-state index contributed by atoms with van der Waals surface area (Å²) in [5.41, 5.74) is 9.59. The fourth-order valence-corrected chi connectivity index (χ4v) is 2.88. The normalized spacial score (nSPS) is 10.9. The molecule has 0 saturated heterocycles. The molecule has 11 heteroatoms. The van der Waals surface area contributed by atoms with Crippen molar-refractivity contribution >= 4 is 40.4 Å². The van der Waals surface area contributed by atoms with Crippen molar-refractivity contribution < 1.29 is 27.9 Å². The Morgan fingerprint density at radius 3 is 2.41 bits per heavy atom. The molecule has 0 atom stereocenters. The number of amides is 1. The van der Waals surface area contributed by atoms with Crippen molar-refractivity contribution in [2.45, 2.75) is 38.6 Å². The van der Waals surface area contributed by atoms with Crippen LogP contribution in [-0.2, 0) is 16.1 Å². The summed E-state index contributed by atoms with van der Waals surface area (Å²) in [5.74, 6) is -2.00. The van der Waals surface area contributed by atoms with E-state index in [9.17, 15) is 18.0 Å². The number of aliphatic carboxylic acids is 1. The lowest BCUT2D eigenvalue weighted by atomic mass is 10.2. The van der Waals surface area contributed by atoms with Gasteiger partial charge in [0.05, 0.1) is 11.0 Å². The van der Waals surface area contributed by atoms with Gasteiger partial charge >= 0.3 is 12.1 Å². The Hall–Kier alpha value is -2.53. The topological polar surface area (TPSA) is 110 Å². The van der Waals surface area contributed by atoms with Crippen LogP contribution in [0, 0.1) is 0 Å². The molecule has 0 aliphatic heterocycles. The highest BCUT2D eigenvalue weighted by Gasteiger charge is 2.38. The molecule has 0 spiro atoms. The van der Waals surface area contributed by atoms with Gasteiger partial charge < -0.3 is 20.7 Å². The Balaban J connectivity index is 0.000000516. The molecule has 0 aliphatic rings. The summed E-state index contributed by atoms with van der Waals surface area (Å²) >= 11 is 1.65. The molecule has 0 bridgehead atoms. The monoisotopic (exact) mass is 432 g/mol. The number of imidazole rings is 1. The number of rotatable bonds is 6. The van der Waals surface area contributed by atoms with Gasteiger partial charge in [0.25, 0.3) is 0 Å². The lowest BCUT2D eigenvalue weighted by molar-refractivity contribution is -0.192. The Kier molecular flexibility index (Phi) is 9.18. The van der Waals surface area contributed by atoms with Crippen molar-refractivity contribution in [2.24, 2.45) is 5.73 Å². The summed E-state index contributed by atoms with van der Waals surface area (Å²) in [6.07, 6.45) is -2.92. The van der Waals surface area contributed by atoms with Gasteiger partial charge in [-0.3, -0.25) is 4.79 Å². The molecule has 2 aromatic rings. The van der Waals surface area contributed by atoms with Crippen molar-refractivity contribution in [3.05, 3.63) is 29.8 Å². The van der Waals surface area contributed by atoms with Crippen LogP contribution >= 0.6 is 11.8 Å². The van der Waals surface area contributed by atoms with Gasteiger partial charge in [-0.25, -0.2) is 9.78 Å². The van der Waals surface area contributed by atoms with Crippen LogP contribution in [0.25, 0.3) is 11.0 Å². The molecule has 0 radical (unpaired) electrons. The van der Waals surface area contributed by atoms with E-state index in [1.54, 1.807) is 11.8 Å². The maximum absolute atomic E-state index is 11.2. The molecule has 0 fully saturated rings. The molecule has 7 nitrogen and oxygen atoms in total. The highest BCUT2D eigenvalue weighted by Crippen LogP contribution is 2.26. The van der Waals surface area contributed by atoms with Crippen LogP contribution in [-0.4, -0.2) is 45.0 Å². The summed E-state index contributed by atoms with van der Waals surface area (Å²) in [4.78, 5) is 24.8. The summed E-state index contributed by atoms with van der Waals surface area (Å²) in [6.45, 7) is 7.04. The van der Waals surface area contributed by atoms with Gasteiger partial charge in [-0.2, -0.15) is 13.2 Å². The van der Waals surface area contributed by atoms with Crippen molar-refractivity contribution in [2.75, 3.05) is 17.6 Å². The number of allylic oxidation sites excluding steroid dienone is 2. The van der Waals surface area contributed by atoms with E-state index < -0.39 is 12.1 Å². The molecular formula is C18H23F3N4O3S. The van der Waals surface area contributed by atoms with Crippen LogP contribution in [0.1, 0.15) is 20.8 Å². The van der Waals surface area contributed by atoms with Crippen LogP contribution in [0.4, 0.5) is 18.9 Å². The zero-order chi connectivity index (χ0) is 22.2. The lowest BCUT2D eigenvalue weighted by Crippen LogP contribution is -2.21. The number of aromatic nitrogens is 2. The average molecular weight is 432 g/mol. The summed E-state index contributed by atoms with van der Waals surface area (Å²) in [7, 11) is 0. The molecule has 4 N–H and O–H groups in total. The van der Waals surface area contributed by atoms with E-state index in [1.165, 1.54) is 12.5 Å². The minimum Gasteiger partial charge on any atom is -0.475 e. The van der Waals surface area contributed by atoms with E-state index in [0.29, 0.717) is 6.54 Å². The van der Waals surface area contributed by atoms with E-state index in [-0.39, 0.29) is 5.91 Å². The molecule has 0 aliphatic carbocycles. The number of nitrogens with two attached hydrogens (primary N) is 1. The number of nitrogens with zero attached hydrogens (tertiary/aromatic N) is 2. The Bertz CT molecular complexity index is 890. The number of fused-ring (bicyclic) bond motifs is 1. The zero-order valence-corrected chi connectivity index (χ0v) is 17.0. The van der Waals surface area contributed by atoms with Gasteiger partial charge in [0.1, 0.15) is 0 Å². The molecule has 2 rings (SSSR count). The second kappa shape index (κ2) is 10.9. The fourth-order valence-electron chi connectivity index (χ4n) is 2.09. The number of benzene rings is 1. The molecular weight excluding hydrogens is 409 g/mol. The standard InChI is InChI=1S/C16H22N4OS.C2HF3O2/c1-11(2)6-8-20-15-10-13(18-12(3)21)4-5-14(15)19-16(20)22-9-7-17;3-2(4,5)1(6)7/h4-6,10H,7-9,17H2,1-3H3,(H,18,21);(H,6,7). The number of carboxylic acid groups (broad SMARTS) is 1. The number of hydrogen-bond donors (Lipinski definition) is 3. The molecule has 0 saturated carbocycles. The maximum Gasteiger partial charge on any atom is 0.490 e. The first-order valence-electron chi connectivity index (χ1n) is 8.50. The van der Waals surface area contributed by atoms with Crippen LogP contribution < -0.4 is 11.1 Å².